The van der Waals surface area contributed by atoms with Gasteiger partial charge in [0.25, 0.3) is 0 Å². The Morgan fingerprint density at radius 3 is 2.16 bits per heavy atom. The molecule has 0 spiro atoms. The highest BCUT2D eigenvalue weighted by Gasteiger charge is 2.51. The smallest absolute Gasteiger partial charge is 0.311 e. The van der Waals surface area contributed by atoms with Crippen LogP contribution in [0.3, 0.4) is 0 Å². The Balaban J connectivity index is 2.13. The Hall–Kier alpha value is -1.06. The lowest BCUT2D eigenvalue weighted by atomic mass is 9.76. The van der Waals surface area contributed by atoms with Crippen LogP contribution in [0.2, 0.25) is 0 Å². The highest BCUT2D eigenvalue weighted by atomic mass is 16.4. The second-order valence-electron chi connectivity index (χ2n) is 6.86. The van der Waals surface area contributed by atoms with Gasteiger partial charge in [-0.2, -0.15) is 0 Å². The molecule has 4 heteroatoms. The van der Waals surface area contributed by atoms with Gasteiger partial charge in [-0.15, -0.1) is 0 Å². The summed E-state index contributed by atoms with van der Waals surface area (Å²) < 4.78 is 0. The molecule has 2 rings (SSSR count). The molecule has 0 radical (unpaired) electrons. The Morgan fingerprint density at radius 1 is 1.16 bits per heavy atom. The number of carboxylic acids is 1. The molecule has 2 fully saturated rings. The van der Waals surface area contributed by atoms with E-state index in [9.17, 15) is 14.7 Å². The maximum atomic E-state index is 12.6. The first kappa shape index (κ1) is 14.4. The quantitative estimate of drug-likeness (QED) is 0.855. The first-order chi connectivity index (χ1) is 8.82. The molecule has 19 heavy (non-hydrogen) atoms. The molecule has 1 saturated carbocycles. The molecular weight excluding hydrogens is 242 g/mol. The third kappa shape index (κ3) is 2.26. The summed E-state index contributed by atoms with van der Waals surface area (Å²) in [5.41, 5.74) is -0.990. The van der Waals surface area contributed by atoms with Gasteiger partial charge in [0.15, 0.2) is 0 Å². The van der Waals surface area contributed by atoms with Crippen LogP contribution in [-0.2, 0) is 9.59 Å². The highest BCUT2D eigenvalue weighted by Crippen LogP contribution is 2.43. The van der Waals surface area contributed by atoms with Crippen LogP contribution in [0, 0.1) is 16.7 Å². The van der Waals surface area contributed by atoms with E-state index in [0.717, 1.165) is 25.7 Å². The number of likely N-dealkylation sites (tertiary alicyclic amines) is 1. The van der Waals surface area contributed by atoms with E-state index in [1.54, 1.807) is 4.90 Å². The molecule has 1 atom stereocenters. The van der Waals surface area contributed by atoms with E-state index in [2.05, 4.69) is 0 Å². The second kappa shape index (κ2) is 4.80. The summed E-state index contributed by atoms with van der Waals surface area (Å²) in [6, 6.07) is 0. The normalized spacial score (nSPS) is 30.0. The van der Waals surface area contributed by atoms with E-state index in [4.69, 9.17) is 0 Å². The van der Waals surface area contributed by atoms with Crippen molar-refractivity contribution in [2.24, 2.45) is 16.7 Å². The van der Waals surface area contributed by atoms with Crippen molar-refractivity contribution in [3.63, 3.8) is 0 Å². The predicted molar refractivity (Wildman–Crippen MR) is 72.7 cm³/mol. The molecule has 0 aromatic heterocycles. The number of carbonyl (C=O) groups excluding carboxylic acids is 1. The molecule has 1 unspecified atom stereocenters. The fourth-order valence-electron chi connectivity index (χ4n) is 3.65. The van der Waals surface area contributed by atoms with Gasteiger partial charge in [0, 0.05) is 18.5 Å². The maximum Gasteiger partial charge on any atom is 0.311 e. The molecule has 1 saturated heterocycles. The van der Waals surface area contributed by atoms with Crippen molar-refractivity contribution < 1.29 is 14.7 Å². The van der Waals surface area contributed by atoms with E-state index in [0.29, 0.717) is 19.5 Å². The fourth-order valence-corrected chi connectivity index (χ4v) is 3.65. The number of carboxylic acid groups (broad SMARTS) is 1. The minimum absolute atomic E-state index is 0.0548. The van der Waals surface area contributed by atoms with Crippen molar-refractivity contribution in [2.45, 2.75) is 52.9 Å². The van der Waals surface area contributed by atoms with Gasteiger partial charge < -0.3 is 10.0 Å². The maximum absolute atomic E-state index is 12.6. The molecule has 0 aromatic carbocycles. The highest BCUT2D eigenvalue weighted by molar-refractivity contribution is 5.85. The summed E-state index contributed by atoms with van der Waals surface area (Å²) in [4.78, 5) is 26.0. The molecule has 0 aromatic rings. The lowest BCUT2D eigenvalue weighted by Gasteiger charge is -2.32. The van der Waals surface area contributed by atoms with Gasteiger partial charge in [-0.05, 0) is 25.2 Å². The molecule has 4 nitrogen and oxygen atoms in total. The van der Waals surface area contributed by atoms with E-state index >= 15 is 0 Å². The zero-order chi connectivity index (χ0) is 14.3. The summed E-state index contributed by atoms with van der Waals surface area (Å²) in [6.07, 6.45) is 4.71. The van der Waals surface area contributed by atoms with E-state index in [1.165, 1.54) is 0 Å². The third-order valence-corrected chi connectivity index (χ3v) is 5.34. The van der Waals surface area contributed by atoms with Crippen molar-refractivity contribution in [3.8, 4) is 0 Å². The van der Waals surface area contributed by atoms with Gasteiger partial charge in [0.05, 0.1) is 5.41 Å². The van der Waals surface area contributed by atoms with E-state index in [1.807, 2.05) is 20.8 Å². The van der Waals surface area contributed by atoms with Crippen LogP contribution >= 0.6 is 0 Å². The van der Waals surface area contributed by atoms with Gasteiger partial charge in [-0.3, -0.25) is 9.59 Å². The average molecular weight is 267 g/mol. The van der Waals surface area contributed by atoms with Crippen LogP contribution in [0.4, 0.5) is 0 Å². The summed E-state index contributed by atoms with van der Waals surface area (Å²) in [5, 5.41) is 9.53. The summed E-state index contributed by atoms with van der Waals surface area (Å²) in [7, 11) is 0. The summed E-state index contributed by atoms with van der Waals surface area (Å²) >= 11 is 0. The molecule has 2 aliphatic rings. The molecule has 108 valence electrons. The lowest BCUT2D eigenvalue weighted by molar-refractivity contribution is -0.152. The second-order valence-corrected chi connectivity index (χ2v) is 6.86. The van der Waals surface area contributed by atoms with Crippen LogP contribution in [0.25, 0.3) is 0 Å². The number of hydrogen-bond acceptors (Lipinski definition) is 2. The molecular formula is C15H25NO3. The Kier molecular flexibility index (Phi) is 3.63. The molecule has 1 aliphatic heterocycles. The number of rotatable bonds is 3. The van der Waals surface area contributed by atoms with Gasteiger partial charge >= 0.3 is 5.97 Å². The minimum atomic E-state index is -0.755. The molecule has 1 N–H and O–H groups in total. The van der Waals surface area contributed by atoms with Crippen LogP contribution in [-0.4, -0.2) is 35.0 Å². The van der Waals surface area contributed by atoms with E-state index < -0.39 is 11.4 Å². The van der Waals surface area contributed by atoms with Gasteiger partial charge in [0.1, 0.15) is 0 Å². The number of amides is 1. The van der Waals surface area contributed by atoms with E-state index in [-0.39, 0.29) is 17.2 Å². The van der Waals surface area contributed by atoms with Crippen LogP contribution in [0.5, 0.6) is 0 Å². The average Bonchev–Trinajstić information content (AvgIpc) is 2.95. The zero-order valence-corrected chi connectivity index (χ0v) is 12.2. The Bertz CT molecular complexity index is 385. The first-order valence-corrected chi connectivity index (χ1v) is 7.35. The Labute approximate surface area is 115 Å². The van der Waals surface area contributed by atoms with Crippen LogP contribution in [0.1, 0.15) is 52.9 Å². The fraction of sp³-hybridized carbons (Fsp3) is 0.867. The number of aliphatic carboxylic acids is 1. The third-order valence-electron chi connectivity index (χ3n) is 5.34. The summed E-state index contributed by atoms with van der Waals surface area (Å²) in [5.74, 6) is -0.526. The minimum Gasteiger partial charge on any atom is -0.481 e. The van der Waals surface area contributed by atoms with Gasteiger partial charge in [-0.25, -0.2) is 0 Å². The SMILES string of the molecule is CC(C)C1(C(=O)O)CCN(C(=O)C2(C)CCCC2)C1. The van der Waals surface area contributed by atoms with Crippen molar-refractivity contribution in [1.29, 1.82) is 0 Å². The van der Waals surface area contributed by atoms with Crippen molar-refractivity contribution >= 4 is 11.9 Å². The van der Waals surface area contributed by atoms with Crippen molar-refractivity contribution in [3.05, 3.63) is 0 Å². The first-order valence-electron chi connectivity index (χ1n) is 7.35. The molecule has 0 bridgehead atoms. The molecule has 1 amide bonds. The monoisotopic (exact) mass is 267 g/mol. The van der Waals surface area contributed by atoms with Crippen molar-refractivity contribution in [2.75, 3.05) is 13.1 Å². The summed E-state index contributed by atoms with van der Waals surface area (Å²) in [6.45, 7) is 6.91. The zero-order valence-electron chi connectivity index (χ0n) is 12.2. The Morgan fingerprint density at radius 2 is 1.74 bits per heavy atom. The topological polar surface area (TPSA) is 57.6 Å². The van der Waals surface area contributed by atoms with Crippen LogP contribution in [0.15, 0.2) is 0 Å². The number of carbonyl (C=O) groups is 2. The van der Waals surface area contributed by atoms with Crippen molar-refractivity contribution in [1.82, 2.24) is 4.90 Å². The van der Waals surface area contributed by atoms with Gasteiger partial charge in [-0.1, -0.05) is 33.6 Å². The molecule has 1 aliphatic carbocycles. The number of hydrogen-bond donors (Lipinski definition) is 1. The lowest BCUT2D eigenvalue weighted by Crippen LogP contribution is -2.44. The molecule has 1 heterocycles. The number of nitrogens with zero attached hydrogens (tertiary/aromatic N) is 1. The van der Waals surface area contributed by atoms with Gasteiger partial charge in [0.2, 0.25) is 5.91 Å². The largest absolute Gasteiger partial charge is 0.481 e. The predicted octanol–water partition coefficient (Wildman–Crippen LogP) is 2.53. The van der Waals surface area contributed by atoms with Crippen LogP contribution < -0.4 is 0 Å². The standard InChI is InChI=1S/C15H25NO3/c1-11(2)15(13(18)19)8-9-16(10-15)12(17)14(3)6-4-5-7-14/h11H,4-10H2,1-3H3,(H,18,19).